The summed E-state index contributed by atoms with van der Waals surface area (Å²) in [5, 5.41) is 3.41. The normalized spacial score (nSPS) is 25.4. The minimum atomic E-state index is 0. The molecule has 0 spiro atoms. The molecule has 4 heteroatoms. The van der Waals surface area contributed by atoms with Crippen molar-refractivity contribution in [2.45, 2.75) is 31.9 Å². The van der Waals surface area contributed by atoms with Gasteiger partial charge in [-0.1, -0.05) is 0 Å². The van der Waals surface area contributed by atoms with Crippen LogP contribution in [0.15, 0.2) is 24.5 Å². The first-order valence-corrected chi connectivity index (χ1v) is 5.14. The average Bonchev–Trinajstić information content (AvgIpc) is 2.19. The summed E-state index contributed by atoms with van der Waals surface area (Å²) in [5.41, 5.74) is 0. The summed E-state index contributed by atoms with van der Waals surface area (Å²) in [6.07, 6.45) is 6.06. The number of halogens is 1. The lowest BCUT2D eigenvalue weighted by Gasteiger charge is -2.28. The van der Waals surface area contributed by atoms with Gasteiger partial charge in [0.15, 0.2) is 0 Å². The molecule has 2 atom stereocenters. The molecule has 84 valence electrons. The molecule has 0 aliphatic carbocycles. The maximum Gasteiger partial charge on any atom is 0.122 e. The lowest BCUT2D eigenvalue weighted by Crippen LogP contribution is -2.40. The van der Waals surface area contributed by atoms with Crippen LogP contribution >= 0.6 is 12.4 Å². The molecule has 1 aromatic heterocycles. The summed E-state index contributed by atoms with van der Waals surface area (Å²) < 4.78 is 5.85. The van der Waals surface area contributed by atoms with Crippen molar-refractivity contribution in [3.63, 3.8) is 0 Å². The Hall–Kier alpha value is -0.800. The molecule has 3 nitrogen and oxygen atoms in total. The number of rotatable bonds is 2. The van der Waals surface area contributed by atoms with Crippen molar-refractivity contribution in [2.75, 3.05) is 6.54 Å². The van der Waals surface area contributed by atoms with E-state index in [-0.39, 0.29) is 12.4 Å². The van der Waals surface area contributed by atoms with E-state index in [9.17, 15) is 0 Å². The second-order valence-electron chi connectivity index (χ2n) is 3.80. The molecule has 0 aromatic carbocycles. The van der Waals surface area contributed by atoms with Gasteiger partial charge in [0.2, 0.25) is 0 Å². The monoisotopic (exact) mass is 228 g/mol. The molecule has 2 heterocycles. The third-order valence-corrected chi connectivity index (χ3v) is 2.53. The number of hydrogen-bond acceptors (Lipinski definition) is 3. The molecule has 15 heavy (non-hydrogen) atoms. The van der Waals surface area contributed by atoms with Gasteiger partial charge in [-0.3, -0.25) is 4.98 Å². The fourth-order valence-corrected chi connectivity index (χ4v) is 1.80. The molecular formula is C11H17ClN2O. The van der Waals surface area contributed by atoms with Crippen molar-refractivity contribution in [2.24, 2.45) is 0 Å². The van der Waals surface area contributed by atoms with Gasteiger partial charge < -0.3 is 10.1 Å². The Morgan fingerprint density at radius 1 is 1.40 bits per heavy atom. The molecule has 0 radical (unpaired) electrons. The van der Waals surface area contributed by atoms with Gasteiger partial charge >= 0.3 is 0 Å². The van der Waals surface area contributed by atoms with Crippen LogP contribution in [0.25, 0.3) is 0 Å². The zero-order valence-corrected chi connectivity index (χ0v) is 9.67. The minimum Gasteiger partial charge on any atom is -0.490 e. The first-order chi connectivity index (χ1) is 6.84. The zero-order valence-electron chi connectivity index (χ0n) is 8.85. The van der Waals surface area contributed by atoms with Crippen LogP contribution in [-0.4, -0.2) is 23.7 Å². The summed E-state index contributed by atoms with van der Waals surface area (Å²) in [7, 11) is 0. The van der Waals surface area contributed by atoms with Gasteiger partial charge in [0, 0.05) is 18.4 Å². The number of hydrogen-bond donors (Lipinski definition) is 1. The van der Waals surface area contributed by atoms with E-state index in [4.69, 9.17) is 4.74 Å². The van der Waals surface area contributed by atoms with Gasteiger partial charge in [-0.05, 0) is 38.4 Å². The highest BCUT2D eigenvalue weighted by Gasteiger charge is 2.19. The summed E-state index contributed by atoms with van der Waals surface area (Å²) in [4.78, 5) is 3.96. The predicted molar refractivity (Wildman–Crippen MR) is 62.6 cm³/mol. The molecule has 0 amide bonds. The number of piperidine rings is 1. The van der Waals surface area contributed by atoms with E-state index in [1.807, 2.05) is 12.1 Å². The third kappa shape index (κ3) is 3.68. The Labute approximate surface area is 96.7 Å². The van der Waals surface area contributed by atoms with E-state index in [1.165, 1.54) is 0 Å². The molecule has 0 unspecified atom stereocenters. The van der Waals surface area contributed by atoms with E-state index >= 15 is 0 Å². The fraction of sp³-hybridized carbons (Fsp3) is 0.545. The van der Waals surface area contributed by atoms with Crippen LogP contribution in [0.2, 0.25) is 0 Å². The fourth-order valence-electron chi connectivity index (χ4n) is 1.80. The summed E-state index contributed by atoms with van der Waals surface area (Å²) >= 11 is 0. The largest absolute Gasteiger partial charge is 0.490 e. The van der Waals surface area contributed by atoms with Crippen molar-refractivity contribution in [3.8, 4) is 5.75 Å². The number of ether oxygens (including phenoxy) is 1. The zero-order chi connectivity index (χ0) is 9.80. The summed E-state index contributed by atoms with van der Waals surface area (Å²) in [6, 6.07) is 4.38. The van der Waals surface area contributed by atoms with Gasteiger partial charge in [0.25, 0.3) is 0 Å². The molecule has 0 saturated carbocycles. The average molecular weight is 229 g/mol. The molecule has 1 fully saturated rings. The third-order valence-electron chi connectivity index (χ3n) is 2.53. The molecule has 2 rings (SSSR count). The lowest BCUT2D eigenvalue weighted by atomic mass is 10.0. The van der Waals surface area contributed by atoms with Crippen LogP contribution < -0.4 is 10.1 Å². The van der Waals surface area contributed by atoms with E-state index in [2.05, 4.69) is 17.2 Å². The second kappa shape index (κ2) is 5.93. The van der Waals surface area contributed by atoms with Crippen molar-refractivity contribution in [1.29, 1.82) is 0 Å². The van der Waals surface area contributed by atoms with Gasteiger partial charge in [-0.2, -0.15) is 0 Å². The van der Waals surface area contributed by atoms with E-state index < -0.39 is 0 Å². The minimum absolute atomic E-state index is 0. The van der Waals surface area contributed by atoms with Crippen LogP contribution in [0.1, 0.15) is 19.8 Å². The topological polar surface area (TPSA) is 34.1 Å². The molecule has 1 N–H and O–H groups in total. The number of aromatic nitrogens is 1. The van der Waals surface area contributed by atoms with Gasteiger partial charge in [-0.15, -0.1) is 12.4 Å². The van der Waals surface area contributed by atoms with Crippen LogP contribution in [0, 0.1) is 0 Å². The van der Waals surface area contributed by atoms with Gasteiger partial charge in [0.05, 0.1) is 0 Å². The quantitative estimate of drug-likeness (QED) is 0.841. The number of nitrogens with zero attached hydrogens (tertiary/aromatic N) is 1. The summed E-state index contributed by atoms with van der Waals surface area (Å²) in [5.74, 6) is 0.930. The SMILES string of the molecule is C[C@H]1C[C@H](Oc2ccncc2)CCN1.Cl. The smallest absolute Gasteiger partial charge is 0.122 e. The first-order valence-electron chi connectivity index (χ1n) is 5.14. The van der Waals surface area contributed by atoms with Crippen molar-refractivity contribution < 1.29 is 4.74 Å². The highest BCUT2D eigenvalue weighted by molar-refractivity contribution is 5.85. The Balaban J connectivity index is 0.00000112. The van der Waals surface area contributed by atoms with E-state index in [0.717, 1.165) is 25.1 Å². The van der Waals surface area contributed by atoms with Crippen LogP contribution in [0.4, 0.5) is 0 Å². The molecular weight excluding hydrogens is 212 g/mol. The molecule has 1 aromatic rings. The maximum absolute atomic E-state index is 5.85. The van der Waals surface area contributed by atoms with Gasteiger partial charge in [0.1, 0.15) is 11.9 Å². The van der Waals surface area contributed by atoms with E-state index in [1.54, 1.807) is 12.4 Å². The molecule has 1 saturated heterocycles. The number of pyridine rings is 1. The maximum atomic E-state index is 5.85. The van der Waals surface area contributed by atoms with Crippen LogP contribution in [-0.2, 0) is 0 Å². The molecule has 1 aliphatic heterocycles. The molecule has 1 aliphatic rings. The van der Waals surface area contributed by atoms with Crippen molar-refractivity contribution >= 4 is 12.4 Å². The highest BCUT2D eigenvalue weighted by Crippen LogP contribution is 2.17. The first kappa shape index (κ1) is 12.3. The Kier molecular flexibility index (Phi) is 4.85. The predicted octanol–water partition coefficient (Wildman–Crippen LogP) is 2.02. The van der Waals surface area contributed by atoms with E-state index in [0.29, 0.717) is 12.1 Å². The Morgan fingerprint density at radius 2 is 2.13 bits per heavy atom. The van der Waals surface area contributed by atoms with Crippen molar-refractivity contribution in [1.82, 2.24) is 10.3 Å². The van der Waals surface area contributed by atoms with Crippen LogP contribution in [0.3, 0.4) is 0 Å². The summed E-state index contributed by atoms with van der Waals surface area (Å²) in [6.45, 7) is 3.25. The second-order valence-corrected chi connectivity index (χ2v) is 3.80. The standard InChI is InChI=1S/C11H16N2O.ClH/c1-9-8-11(4-7-13-9)14-10-2-5-12-6-3-10;/h2-3,5-6,9,11,13H,4,7-8H2,1H3;1H/t9-,11+;/m0./s1. The lowest BCUT2D eigenvalue weighted by molar-refractivity contribution is 0.144. The van der Waals surface area contributed by atoms with Crippen molar-refractivity contribution in [3.05, 3.63) is 24.5 Å². The van der Waals surface area contributed by atoms with Gasteiger partial charge in [-0.25, -0.2) is 0 Å². The number of nitrogens with one attached hydrogen (secondary N) is 1. The molecule has 0 bridgehead atoms. The Bertz CT molecular complexity index is 281. The Morgan fingerprint density at radius 3 is 2.80 bits per heavy atom. The van der Waals surface area contributed by atoms with Crippen LogP contribution in [0.5, 0.6) is 5.75 Å². The highest BCUT2D eigenvalue weighted by atomic mass is 35.5.